The molecular weight excluding hydrogens is 354 g/mol. The zero-order valence-electron chi connectivity index (χ0n) is 14.6. The Hall–Kier alpha value is -2.44. The van der Waals surface area contributed by atoms with Gasteiger partial charge in [0.1, 0.15) is 18.1 Å². The van der Waals surface area contributed by atoms with Gasteiger partial charge in [-0.2, -0.15) is 0 Å². The highest BCUT2D eigenvalue weighted by Gasteiger charge is 2.27. The molecule has 6 nitrogen and oxygen atoms in total. The van der Waals surface area contributed by atoms with Crippen LogP contribution >= 0.6 is 11.6 Å². The maximum atomic E-state index is 13.2. The molecule has 134 valence electrons. The quantitative estimate of drug-likeness (QED) is 0.704. The maximum Gasteiger partial charge on any atom is 0.254 e. The number of hydrogen-bond donors (Lipinski definition) is 0. The smallest absolute Gasteiger partial charge is 0.254 e. The van der Waals surface area contributed by atoms with Crippen molar-refractivity contribution in [3.63, 3.8) is 0 Å². The molecule has 1 aromatic carbocycles. The van der Waals surface area contributed by atoms with Crippen molar-refractivity contribution in [1.82, 2.24) is 14.9 Å². The van der Waals surface area contributed by atoms with Gasteiger partial charge in [-0.25, -0.2) is 4.98 Å². The lowest BCUT2D eigenvalue weighted by atomic mass is 10.0. The first kappa shape index (κ1) is 17.0. The Morgan fingerprint density at radius 2 is 2.19 bits per heavy atom. The van der Waals surface area contributed by atoms with Crippen molar-refractivity contribution in [2.75, 3.05) is 13.7 Å². The van der Waals surface area contributed by atoms with E-state index >= 15 is 0 Å². The molecule has 3 heterocycles. The largest absolute Gasteiger partial charge is 0.443 e. The van der Waals surface area contributed by atoms with Crippen LogP contribution in [0.15, 0.2) is 28.7 Å². The molecule has 1 aliphatic rings. The van der Waals surface area contributed by atoms with E-state index in [-0.39, 0.29) is 5.91 Å². The van der Waals surface area contributed by atoms with Crippen LogP contribution in [-0.4, -0.2) is 34.4 Å². The first-order valence-corrected chi connectivity index (χ1v) is 8.75. The number of benzene rings is 1. The lowest BCUT2D eigenvalue weighted by Gasteiger charge is -2.26. The van der Waals surface area contributed by atoms with E-state index in [0.29, 0.717) is 42.6 Å². The number of fused-ring (bicyclic) bond motifs is 2. The summed E-state index contributed by atoms with van der Waals surface area (Å²) in [4.78, 5) is 23.9. The van der Waals surface area contributed by atoms with Crippen LogP contribution in [0.1, 0.15) is 33.4 Å². The van der Waals surface area contributed by atoms with E-state index in [2.05, 4.69) is 9.97 Å². The van der Waals surface area contributed by atoms with Crippen LogP contribution in [0, 0.1) is 6.92 Å². The number of ether oxygens (including phenoxy) is 1. The van der Waals surface area contributed by atoms with Gasteiger partial charge < -0.3 is 14.1 Å². The fourth-order valence-electron chi connectivity index (χ4n) is 3.29. The molecule has 0 atom stereocenters. The molecule has 0 fully saturated rings. The topological polar surface area (TPSA) is 68.5 Å². The van der Waals surface area contributed by atoms with Gasteiger partial charge in [0.05, 0.1) is 17.6 Å². The molecule has 4 rings (SSSR count). The highest BCUT2D eigenvalue weighted by atomic mass is 35.5. The number of aromatic nitrogens is 2. The molecule has 26 heavy (non-hydrogen) atoms. The second kappa shape index (κ2) is 6.70. The lowest BCUT2D eigenvalue weighted by Crippen LogP contribution is -2.36. The summed E-state index contributed by atoms with van der Waals surface area (Å²) in [5.74, 6) is 1.33. The number of hydrogen-bond acceptors (Lipinski definition) is 5. The van der Waals surface area contributed by atoms with Crippen LogP contribution in [0.25, 0.3) is 10.9 Å². The third kappa shape index (κ3) is 3.06. The Morgan fingerprint density at radius 1 is 1.35 bits per heavy atom. The molecule has 0 aliphatic carbocycles. The van der Waals surface area contributed by atoms with Gasteiger partial charge >= 0.3 is 0 Å². The minimum atomic E-state index is -0.0512. The number of nitrogens with zero attached hydrogens (tertiary/aromatic N) is 3. The molecular formula is C19H18ClN3O3. The number of halogens is 1. The van der Waals surface area contributed by atoms with Crippen molar-refractivity contribution in [1.29, 1.82) is 0 Å². The SMILES string of the molecule is COCc1nc2c(o1)CCN(C(=O)c1cc(C)nc3ccc(Cl)cc13)C2. The van der Waals surface area contributed by atoms with Gasteiger partial charge in [-0.05, 0) is 31.2 Å². The summed E-state index contributed by atoms with van der Waals surface area (Å²) in [6, 6.07) is 7.23. The molecule has 7 heteroatoms. The van der Waals surface area contributed by atoms with Gasteiger partial charge in [0.25, 0.3) is 5.91 Å². The van der Waals surface area contributed by atoms with E-state index in [1.165, 1.54) is 0 Å². The maximum absolute atomic E-state index is 13.2. The van der Waals surface area contributed by atoms with E-state index < -0.39 is 0 Å². The predicted molar refractivity (Wildman–Crippen MR) is 97.2 cm³/mol. The second-order valence-electron chi connectivity index (χ2n) is 6.36. The van der Waals surface area contributed by atoms with E-state index in [1.54, 1.807) is 24.1 Å². The van der Waals surface area contributed by atoms with Crippen molar-refractivity contribution >= 4 is 28.4 Å². The van der Waals surface area contributed by atoms with Crippen LogP contribution in [0.4, 0.5) is 0 Å². The predicted octanol–water partition coefficient (Wildman–Crippen LogP) is 3.53. The number of methoxy groups -OCH3 is 1. The summed E-state index contributed by atoms with van der Waals surface area (Å²) >= 11 is 6.13. The monoisotopic (exact) mass is 371 g/mol. The number of oxazole rings is 1. The fraction of sp³-hybridized carbons (Fsp3) is 0.316. The van der Waals surface area contributed by atoms with Gasteiger partial charge in [0, 0.05) is 36.2 Å². The van der Waals surface area contributed by atoms with Crippen LogP contribution < -0.4 is 0 Å². The van der Waals surface area contributed by atoms with Crippen LogP contribution in [0.5, 0.6) is 0 Å². The molecule has 0 bridgehead atoms. The molecule has 2 aromatic heterocycles. The van der Waals surface area contributed by atoms with Crippen LogP contribution in [0.2, 0.25) is 5.02 Å². The molecule has 0 radical (unpaired) electrons. The van der Waals surface area contributed by atoms with Crippen molar-refractivity contribution in [3.05, 3.63) is 57.9 Å². The third-order valence-corrected chi connectivity index (χ3v) is 4.69. The highest BCUT2D eigenvalue weighted by molar-refractivity contribution is 6.31. The van der Waals surface area contributed by atoms with E-state index in [0.717, 1.165) is 28.1 Å². The Bertz CT molecular complexity index is 999. The number of carbonyl (C=O) groups excluding carboxylic acids is 1. The van der Waals surface area contributed by atoms with Crippen LogP contribution in [-0.2, 0) is 24.3 Å². The molecule has 0 spiro atoms. The summed E-state index contributed by atoms with van der Waals surface area (Å²) in [7, 11) is 1.60. The molecule has 0 saturated carbocycles. The summed E-state index contributed by atoms with van der Waals surface area (Å²) in [6.45, 7) is 3.21. The zero-order chi connectivity index (χ0) is 18.3. The van der Waals surface area contributed by atoms with Gasteiger partial charge in [-0.1, -0.05) is 11.6 Å². The van der Waals surface area contributed by atoms with Gasteiger partial charge in [-0.15, -0.1) is 0 Å². The molecule has 1 amide bonds. The number of rotatable bonds is 3. The Balaban J connectivity index is 1.68. The second-order valence-corrected chi connectivity index (χ2v) is 6.80. The summed E-state index contributed by atoms with van der Waals surface area (Å²) in [5, 5.41) is 1.35. The first-order valence-electron chi connectivity index (χ1n) is 8.37. The minimum absolute atomic E-state index is 0.0512. The average molecular weight is 372 g/mol. The Labute approximate surface area is 155 Å². The highest BCUT2D eigenvalue weighted by Crippen LogP contribution is 2.26. The Morgan fingerprint density at radius 3 is 3.00 bits per heavy atom. The lowest BCUT2D eigenvalue weighted by molar-refractivity contribution is 0.0729. The normalized spacial score (nSPS) is 13.9. The average Bonchev–Trinajstić information content (AvgIpc) is 3.02. The summed E-state index contributed by atoms with van der Waals surface area (Å²) in [5.41, 5.74) is 2.97. The summed E-state index contributed by atoms with van der Waals surface area (Å²) < 4.78 is 10.7. The van der Waals surface area contributed by atoms with Gasteiger partial charge in [0.15, 0.2) is 0 Å². The molecule has 3 aromatic rings. The minimum Gasteiger partial charge on any atom is -0.443 e. The Kier molecular flexibility index (Phi) is 4.38. The standard InChI is InChI=1S/C19H18ClN3O3/c1-11-7-14(13-8-12(20)3-4-15(13)21-11)19(24)23-6-5-17-16(9-23)22-18(26-17)10-25-2/h3-4,7-8H,5-6,9-10H2,1-2H3. The van der Waals surface area contributed by atoms with Crippen molar-refractivity contribution in [3.8, 4) is 0 Å². The molecule has 0 unspecified atom stereocenters. The molecule has 0 saturated heterocycles. The third-order valence-electron chi connectivity index (χ3n) is 4.46. The number of amides is 1. The zero-order valence-corrected chi connectivity index (χ0v) is 15.3. The summed E-state index contributed by atoms with van der Waals surface area (Å²) in [6.07, 6.45) is 0.639. The van der Waals surface area contributed by atoms with Crippen molar-refractivity contribution in [2.45, 2.75) is 26.5 Å². The number of pyridine rings is 1. The first-order chi connectivity index (χ1) is 12.5. The molecule has 1 aliphatic heterocycles. The van der Waals surface area contributed by atoms with Crippen molar-refractivity contribution in [2.24, 2.45) is 0 Å². The number of carbonyl (C=O) groups is 1. The fourth-order valence-corrected chi connectivity index (χ4v) is 3.46. The van der Waals surface area contributed by atoms with E-state index in [1.807, 2.05) is 19.1 Å². The van der Waals surface area contributed by atoms with E-state index in [9.17, 15) is 4.79 Å². The van der Waals surface area contributed by atoms with Gasteiger partial charge in [-0.3, -0.25) is 9.78 Å². The number of aryl methyl sites for hydroxylation is 1. The van der Waals surface area contributed by atoms with Gasteiger partial charge in [0.2, 0.25) is 5.89 Å². The molecule has 0 N–H and O–H groups in total. The van der Waals surface area contributed by atoms with Crippen LogP contribution in [0.3, 0.4) is 0 Å². The van der Waals surface area contributed by atoms with Crippen molar-refractivity contribution < 1.29 is 13.9 Å². The van der Waals surface area contributed by atoms with E-state index in [4.69, 9.17) is 20.8 Å².